The van der Waals surface area contributed by atoms with Crippen LogP contribution in [0.4, 0.5) is 0 Å². The summed E-state index contributed by atoms with van der Waals surface area (Å²) in [5.41, 5.74) is 3.88. The lowest BCUT2D eigenvalue weighted by molar-refractivity contribution is 0.0341. The van der Waals surface area contributed by atoms with E-state index < -0.39 is 0 Å². The van der Waals surface area contributed by atoms with Crippen LogP contribution in [0.25, 0.3) is 0 Å². The topological polar surface area (TPSA) is 67.4 Å². The number of ether oxygens (including phenoxy) is 3. The Kier molecular flexibility index (Phi) is 12.3. The first-order chi connectivity index (χ1) is 15.7. The number of benzene rings is 2. The van der Waals surface area contributed by atoms with Gasteiger partial charge in [0.15, 0.2) is 17.5 Å². The van der Waals surface area contributed by atoms with Crippen LogP contribution in [0.1, 0.15) is 23.1 Å². The zero-order chi connectivity index (χ0) is 22.6. The maximum absolute atomic E-state index is 5.47. The summed E-state index contributed by atoms with van der Waals surface area (Å²) in [4.78, 5) is 6.82. The third-order valence-electron chi connectivity index (χ3n) is 5.67. The van der Waals surface area contributed by atoms with E-state index in [1.165, 1.54) is 16.7 Å². The zero-order valence-corrected chi connectivity index (χ0v) is 22.3. The molecule has 2 aromatic carbocycles. The first-order valence-corrected chi connectivity index (χ1v) is 11.3. The Bertz CT molecular complexity index is 872. The standard InChI is InChI=1S/C25H36N4O3.HI/c1-26-25(27-12-6-7-20-10-11-23(30-2)24(17-20)31-3)28-18-21-8-4-5-9-22(21)19-29-13-15-32-16-14-29;/h4-5,8-11,17H,6-7,12-16,18-19H2,1-3H3,(H2,26,27,28);1H. The molecule has 0 aliphatic carbocycles. The van der Waals surface area contributed by atoms with Gasteiger partial charge in [0.2, 0.25) is 0 Å². The van der Waals surface area contributed by atoms with Crippen molar-refractivity contribution in [3.8, 4) is 11.5 Å². The Morgan fingerprint density at radius 2 is 1.73 bits per heavy atom. The third kappa shape index (κ3) is 8.68. The molecule has 0 spiro atoms. The Balaban J connectivity index is 0.00000385. The Morgan fingerprint density at radius 3 is 2.42 bits per heavy atom. The monoisotopic (exact) mass is 568 g/mol. The minimum absolute atomic E-state index is 0. The quantitative estimate of drug-likeness (QED) is 0.198. The third-order valence-corrected chi connectivity index (χ3v) is 5.67. The van der Waals surface area contributed by atoms with Crippen LogP contribution in [-0.4, -0.2) is 65.0 Å². The van der Waals surface area contributed by atoms with Crippen molar-refractivity contribution in [2.75, 3.05) is 54.1 Å². The number of aryl methyl sites for hydroxylation is 1. The average molecular weight is 569 g/mol. The molecule has 2 N–H and O–H groups in total. The molecule has 1 aliphatic rings. The second kappa shape index (κ2) is 15.0. The molecular formula is C25H37IN4O3. The number of hydrogen-bond donors (Lipinski definition) is 2. The van der Waals surface area contributed by atoms with Gasteiger partial charge in [-0.05, 0) is 41.7 Å². The molecule has 1 aliphatic heterocycles. The number of halogens is 1. The van der Waals surface area contributed by atoms with Crippen LogP contribution in [0.5, 0.6) is 11.5 Å². The van der Waals surface area contributed by atoms with Crippen molar-refractivity contribution in [1.29, 1.82) is 0 Å². The molecule has 0 amide bonds. The second-order valence-electron chi connectivity index (χ2n) is 7.80. The molecular weight excluding hydrogens is 531 g/mol. The van der Waals surface area contributed by atoms with Crippen LogP contribution in [0.15, 0.2) is 47.5 Å². The van der Waals surface area contributed by atoms with Crippen molar-refractivity contribution in [1.82, 2.24) is 15.5 Å². The second-order valence-corrected chi connectivity index (χ2v) is 7.80. The molecule has 182 valence electrons. The lowest BCUT2D eigenvalue weighted by Gasteiger charge is -2.27. The SMILES string of the molecule is CN=C(NCCCc1ccc(OC)c(OC)c1)NCc1ccccc1CN1CCOCC1.I. The van der Waals surface area contributed by atoms with Gasteiger partial charge in [0.25, 0.3) is 0 Å². The van der Waals surface area contributed by atoms with Crippen molar-refractivity contribution < 1.29 is 14.2 Å². The Labute approximate surface area is 214 Å². The van der Waals surface area contributed by atoms with Crippen molar-refractivity contribution in [2.45, 2.75) is 25.9 Å². The molecule has 1 heterocycles. The highest BCUT2D eigenvalue weighted by Gasteiger charge is 2.13. The van der Waals surface area contributed by atoms with E-state index in [4.69, 9.17) is 14.2 Å². The van der Waals surface area contributed by atoms with Crippen molar-refractivity contribution in [3.63, 3.8) is 0 Å². The number of nitrogens with one attached hydrogen (secondary N) is 2. The molecule has 7 nitrogen and oxygen atoms in total. The van der Waals surface area contributed by atoms with Gasteiger partial charge in [-0.2, -0.15) is 0 Å². The largest absolute Gasteiger partial charge is 0.493 e. The molecule has 8 heteroatoms. The first-order valence-electron chi connectivity index (χ1n) is 11.3. The molecule has 1 fully saturated rings. The van der Waals surface area contributed by atoms with Crippen LogP contribution >= 0.6 is 24.0 Å². The van der Waals surface area contributed by atoms with Gasteiger partial charge in [0.05, 0.1) is 27.4 Å². The lowest BCUT2D eigenvalue weighted by Crippen LogP contribution is -2.38. The summed E-state index contributed by atoms with van der Waals surface area (Å²) in [6.45, 7) is 6.16. The van der Waals surface area contributed by atoms with Crippen molar-refractivity contribution >= 4 is 29.9 Å². The molecule has 0 saturated carbocycles. The van der Waals surface area contributed by atoms with E-state index >= 15 is 0 Å². The van der Waals surface area contributed by atoms with Gasteiger partial charge in [-0.1, -0.05) is 30.3 Å². The van der Waals surface area contributed by atoms with E-state index in [1.807, 2.05) is 19.2 Å². The van der Waals surface area contributed by atoms with Gasteiger partial charge in [-0.15, -0.1) is 24.0 Å². The summed E-state index contributed by atoms with van der Waals surface area (Å²) in [6.07, 6.45) is 1.94. The van der Waals surface area contributed by atoms with Crippen LogP contribution in [0, 0.1) is 0 Å². The van der Waals surface area contributed by atoms with E-state index in [0.29, 0.717) is 0 Å². The van der Waals surface area contributed by atoms with E-state index in [-0.39, 0.29) is 24.0 Å². The highest BCUT2D eigenvalue weighted by atomic mass is 127. The Morgan fingerprint density at radius 1 is 1.00 bits per heavy atom. The number of aliphatic imine (C=N–C) groups is 1. The molecule has 0 radical (unpaired) electrons. The number of morpholine rings is 1. The fourth-order valence-electron chi connectivity index (χ4n) is 3.82. The molecule has 1 saturated heterocycles. The summed E-state index contributed by atoms with van der Waals surface area (Å²) >= 11 is 0. The molecule has 0 unspecified atom stereocenters. The fraction of sp³-hybridized carbons (Fsp3) is 0.480. The van der Waals surface area contributed by atoms with E-state index in [9.17, 15) is 0 Å². The molecule has 0 atom stereocenters. The van der Waals surface area contributed by atoms with Crippen LogP contribution in [0.2, 0.25) is 0 Å². The van der Waals surface area contributed by atoms with Crippen LogP contribution in [0.3, 0.4) is 0 Å². The van der Waals surface area contributed by atoms with Gasteiger partial charge in [-0.3, -0.25) is 9.89 Å². The van der Waals surface area contributed by atoms with E-state index in [0.717, 1.165) is 76.2 Å². The van der Waals surface area contributed by atoms with Crippen LogP contribution < -0.4 is 20.1 Å². The summed E-state index contributed by atoms with van der Waals surface area (Å²) in [5, 5.41) is 6.87. The van der Waals surface area contributed by atoms with E-state index in [2.05, 4.69) is 50.9 Å². The molecule has 3 rings (SSSR count). The fourth-order valence-corrected chi connectivity index (χ4v) is 3.82. The number of hydrogen-bond acceptors (Lipinski definition) is 5. The summed E-state index contributed by atoms with van der Waals surface area (Å²) in [5.74, 6) is 2.34. The normalized spacial score (nSPS) is 14.3. The zero-order valence-electron chi connectivity index (χ0n) is 19.9. The summed E-state index contributed by atoms with van der Waals surface area (Å²) in [6, 6.07) is 14.7. The van der Waals surface area contributed by atoms with Crippen molar-refractivity contribution in [2.24, 2.45) is 4.99 Å². The maximum Gasteiger partial charge on any atom is 0.191 e. The van der Waals surface area contributed by atoms with Crippen molar-refractivity contribution in [3.05, 3.63) is 59.2 Å². The molecule has 33 heavy (non-hydrogen) atoms. The Hall–Kier alpha value is -2.04. The average Bonchev–Trinajstić information content (AvgIpc) is 2.85. The predicted molar refractivity (Wildman–Crippen MR) is 144 cm³/mol. The lowest BCUT2D eigenvalue weighted by atomic mass is 10.1. The summed E-state index contributed by atoms with van der Waals surface area (Å²) in [7, 11) is 5.13. The van der Waals surface area contributed by atoms with Gasteiger partial charge < -0.3 is 24.8 Å². The number of methoxy groups -OCH3 is 2. The molecule has 2 aromatic rings. The van der Waals surface area contributed by atoms with Crippen LogP contribution in [-0.2, 0) is 24.2 Å². The van der Waals surface area contributed by atoms with Gasteiger partial charge >= 0.3 is 0 Å². The highest BCUT2D eigenvalue weighted by molar-refractivity contribution is 14.0. The minimum Gasteiger partial charge on any atom is -0.493 e. The number of nitrogens with zero attached hydrogens (tertiary/aromatic N) is 2. The predicted octanol–water partition coefficient (Wildman–Crippen LogP) is 3.45. The highest BCUT2D eigenvalue weighted by Crippen LogP contribution is 2.27. The summed E-state index contributed by atoms with van der Waals surface area (Å²) < 4.78 is 16.2. The first kappa shape index (κ1) is 27.2. The number of guanidine groups is 1. The van der Waals surface area contributed by atoms with Gasteiger partial charge in [-0.25, -0.2) is 0 Å². The molecule has 0 aromatic heterocycles. The molecule has 0 bridgehead atoms. The minimum atomic E-state index is 0. The van der Waals surface area contributed by atoms with E-state index in [1.54, 1.807) is 14.2 Å². The smallest absolute Gasteiger partial charge is 0.191 e. The van der Waals surface area contributed by atoms with Gasteiger partial charge in [0.1, 0.15) is 0 Å². The van der Waals surface area contributed by atoms with Gasteiger partial charge in [0, 0.05) is 39.8 Å². The maximum atomic E-state index is 5.47. The number of rotatable bonds is 10.